The molecule has 0 heterocycles. The van der Waals surface area contributed by atoms with Crippen molar-refractivity contribution in [3.05, 3.63) is 0 Å². The Hall–Kier alpha value is 2.33. The monoisotopic (exact) mass is 229 g/mol. The molecular formula is H5CoFeLi2O4P. The van der Waals surface area contributed by atoms with Gasteiger partial charge in [-0.05, 0) is 0 Å². The first kappa shape index (κ1) is 30.2. The molecule has 1 radical (unpaired) electrons. The van der Waals surface area contributed by atoms with Crippen LogP contribution in [0.5, 0.6) is 0 Å². The zero-order valence-electron chi connectivity index (χ0n) is 2.88. The molecule has 0 spiro atoms. The number of phosphoric acid groups is 1. The molecule has 0 atom stereocenters. The second-order valence-electron chi connectivity index (χ2n) is 0.513. The van der Waals surface area contributed by atoms with Crippen molar-refractivity contribution in [1.82, 2.24) is 0 Å². The maximum absolute atomic E-state index is 8.88. The Balaban J connectivity index is -0.0000000133. The predicted octanol–water partition coefficient (Wildman–Crippen LogP) is -2.23. The van der Waals surface area contributed by atoms with E-state index in [0.29, 0.717) is 0 Å². The van der Waals surface area contributed by atoms with Gasteiger partial charge in [-0.1, -0.05) is 0 Å². The summed E-state index contributed by atoms with van der Waals surface area (Å²) in [5, 5.41) is 0. The van der Waals surface area contributed by atoms with Gasteiger partial charge in [0.2, 0.25) is 0 Å². The van der Waals surface area contributed by atoms with Crippen LogP contribution in [-0.2, 0) is 38.4 Å². The molecule has 0 aromatic carbocycles. The molecule has 0 amide bonds. The summed E-state index contributed by atoms with van der Waals surface area (Å²) >= 11 is 0. The van der Waals surface area contributed by atoms with E-state index in [-0.39, 0.29) is 71.6 Å². The van der Waals surface area contributed by atoms with Gasteiger partial charge in [-0.2, -0.15) is 0 Å². The van der Waals surface area contributed by atoms with E-state index in [1.165, 1.54) is 0 Å². The van der Waals surface area contributed by atoms with Crippen molar-refractivity contribution >= 4 is 45.5 Å². The summed E-state index contributed by atoms with van der Waals surface area (Å²) in [5.41, 5.74) is 0. The first-order chi connectivity index (χ1) is 2.00. The van der Waals surface area contributed by atoms with Gasteiger partial charge in [0, 0.05) is 33.8 Å². The third-order valence-electron chi connectivity index (χ3n) is 0. The summed E-state index contributed by atoms with van der Waals surface area (Å²) < 4.78 is 8.88. The molecule has 0 fully saturated rings. The Morgan fingerprint density at radius 3 is 1.00 bits per heavy atom. The Morgan fingerprint density at radius 2 is 1.00 bits per heavy atom. The molecule has 0 aliphatic rings. The zero-order chi connectivity index (χ0) is 4.50. The van der Waals surface area contributed by atoms with E-state index in [0.717, 1.165) is 0 Å². The van der Waals surface area contributed by atoms with Crippen LogP contribution in [0.1, 0.15) is 0 Å². The topological polar surface area (TPSA) is 77.8 Å². The van der Waals surface area contributed by atoms with E-state index >= 15 is 0 Å². The van der Waals surface area contributed by atoms with E-state index in [2.05, 4.69) is 0 Å². The van der Waals surface area contributed by atoms with Crippen molar-refractivity contribution in [3.63, 3.8) is 0 Å². The van der Waals surface area contributed by atoms with Crippen LogP contribution in [0.3, 0.4) is 0 Å². The Bertz CT molecular complexity index is 64.7. The Kier molecular flexibility index (Phi) is 43.4. The second kappa shape index (κ2) is 13.0. The molecule has 9 heteroatoms. The van der Waals surface area contributed by atoms with Crippen LogP contribution in [0.4, 0.5) is 0 Å². The van der Waals surface area contributed by atoms with E-state index in [1.54, 1.807) is 0 Å². The summed E-state index contributed by atoms with van der Waals surface area (Å²) in [7, 11) is -4.64. The fourth-order valence-electron chi connectivity index (χ4n) is 0. The van der Waals surface area contributed by atoms with Gasteiger partial charge >= 0.3 is 45.5 Å². The summed E-state index contributed by atoms with van der Waals surface area (Å²) in [5.74, 6) is 0. The van der Waals surface area contributed by atoms with Gasteiger partial charge in [-0.15, -0.1) is 0 Å². The fraction of sp³-hybridized carbons (Fsp3) is 0. The standard InChI is InChI=1S/Co.Fe.2Li.H3O4P.2H/c;;;;1-5(2,3)4;;/h;;;;(H3,1,2,3,4);;. The third kappa shape index (κ3) is 132. The van der Waals surface area contributed by atoms with Crippen molar-refractivity contribution < 1.29 is 53.1 Å². The Morgan fingerprint density at radius 1 is 1.00 bits per heavy atom. The van der Waals surface area contributed by atoms with Gasteiger partial charge < -0.3 is 14.7 Å². The minimum absolute atomic E-state index is 0. The molecule has 53 valence electrons. The molecule has 0 aromatic rings. The van der Waals surface area contributed by atoms with Gasteiger partial charge in [0.05, 0.1) is 0 Å². The molecule has 0 unspecified atom stereocenters. The van der Waals surface area contributed by atoms with Crippen molar-refractivity contribution in [3.8, 4) is 0 Å². The quantitative estimate of drug-likeness (QED) is 0.324. The zero-order valence-corrected chi connectivity index (χ0v) is 5.92. The third-order valence-corrected chi connectivity index (χ3v) is 0. The van der Waals surface area contributed by atoms with Gasteiger partial charge in [0.25, 0.3) is 0 Å². The van der Waals surface area contributed by atoms with E-state index < -0.39 is 7.82 Å². The van der Waals surface area contributed by atoms with Crippen molar-refractivity contribution in [1.29, 1.82) is 0 Å². The van der Waals surface area contributed by atoms with E-state index in [1.807, 2.05) is 0 Å². The molecule has 0 saturated carbocycles. The summed E-state index contributed by atoms with van der Waals surface area (Å²) in [6.07, 6.45) is 0. The first-order valence-corrected chi connectivity index (χ1v) is 2.35. The van der Waals surface area contributed by atoms with Gasteiger partial charge in [-0.3, -0.25) is 0 Å². The van der Waals surface area contributed by atoms with Crippen molar-refractivity contribution in [2.75, 3.05) is 0 Å². The molecule has 3 N–H and O–H groups in total. The van der Waals surface area contributed by atoms with Crippen LogP contribution in [0.15, 0.2) is 0 Å². The van der Waals surface area contributed by atoms with E-state index in [4.69, 9.17) is 19.2 Å². The molecule has 0 aliphatic heterocycles. The van der Waals surface area contributed by atoms with E-state index in [9.17, 15) is 0 Å². The van der Waals surface area contributed by atoms with Gasteiger partial charge in [0.1, 0.15) is 0 Å². The van der Waals surface area contributed by atoms with Crippen LogP contribution in [0.2, 0.25) is 0 Å². The predicted molar refractivity (Wildman–Crippen MR) is 28.6 cm³/mol. The normalized spacial score (nSPS) is 6.56. The van der Waals surface area contributed by atoms with Crippen LogP contribution < -0.4 is 0 Å². The molecule has 4 nitrogen and oxygen atoms in total. The fourth-order valence-corrected chi connectivity index (χ4v) is 0. The first-order valence-electron chi connectivity index (χ1n) is 0.783. The summed E-state index contributed by atoms with van der Waals surface area (Å²) in [6.45, 7) is 0. The number of rotatable bonds is 0. The summed E-state index contributed by atoms with van der Waals surface area (Å²) in [6, 6.07) is 0. The number of hydrogen-bond donors (Lipinski definition) is 3. The molecule has 0 rings (SSSR count). The van der Waals surface area contributed by atoms with Gasteiger partial charge in [0.15, 0.2) is 0 Å². The molecule has 9 heavy (non-hydrogen) atoms. The molecule has 0 bridgehead atoms. The molecular weight excluding hydrogens is 224 g/mol. The average Bonchev–Trinajstić information content (AvgIpc) is 0.722. The van der Waals surface area contributed by atoms with Crippen molar-refractivity contribution in [2.45, 2.75) is 0 Å². The maximum atomic E-state index is 8.88. The van der Waals surface area contributed by atoms with Crippen LogP contribution in [0.25, 0.3) is 0 Å². The van der Waals surface area contributed by atoms with Crippen LogP contribution in [0, 0.1) is 0 Å². The second-order valence-corrected chi connectivity index (χ2v) is 1.54. The Labute approximate surface area is 97.8 Å². The van der Waals surface area contributed by atoms with Gasteiger partial charge in [-0.25, -0.2) is 4.57 Å². The minimum atomic E-state index is -4.64. The number of hydrogen-bond acceptors (Lipinski definition) is 1. The summed E-state index contributed by atoms with van der Waals surface area (Å²) in [4.78, 5) is 21.6. The van der Waals surface area contributed by atoms with Crippen molar-refractivity contribution in [2.24, 2.45) is 0 Å². The van der Waals surface area contributed by atoms with Crippen LogP contribution in [-0.4, -0.2) is 52.4 Å². The molecule has 0 aromatic heterocycles. The molecule has 0 saturated heterocycles. The van der Waals surface area contributed by atoms with Crippen LogP contribution >= 0.6 is 7.82 Å². The average molecular weight is 229 g/mol. The molecule has 0 aliphatic carbocycles. The SMILES string of the molecule is O=P(O)(O)O.[Co].[Fe].[LiH].[LiH].